The molecule has 4 nitrogen and oxygen atoms in total. The first-order valence-electron chi connectivity index (χ1n) is 9.91. The van der Waals surface area contributed by atoms with Crippen LogP contribution in [0.4, 0.5) is 5.69 Å². The van der Waals surface area contributed by atoms with Gasteiger partial charge in [0.15, 0.2) is 5.11 Å². The van der Waals surface area contributed by atoms with Gasteiger partial charge >= 0.3 is 0 Å². The van der Waals surface area contributed by atoms with E-state index in [1.54, 1.807) is 0 Å². The highest BCUT2D eigenvalue weighted by molar-refractivity contribution is 7.80. The van der Waals surface area contributed by atoms with Gasteiger partial charge in [-0.3, -0.25) is 0 Å². The summed E-state index contributed by atoms with van der Waals surface area (Å²) in [6, 6.07) is 26.3. The number of fused-ring (bicyclic) bond motifs is 1. The van der Waals surface area contributed by atoms with Crippen molar-refractivity contribution in [2.75, 3.05) is 5.32 Å². The minimum Gasteiger partial charge on any atom is -0.358 e. The Morgan fingerprint density at radius 3 is 1.80 bits per heavy atom. The van der Waals surface area contributed by atoms with E-state index in [0.717, 1.165) is 39.2 Å². The summed E-state index contributed by atoms with van der Waals surface area (Å²) in [7, 11) is 0. The molecule has 30 heavy (non-hydrogen) atoms. The number of thiocarbonyl (C=S) groups is 1. The highest BCUT2D eigenvalue weighted by Gasteiger charge is 2.14. The molecule has 3 aromatic carbocycles. The molecule has 1 heterocycles. The van der Waals surface area contributed by atoms with Crippen LogP contribution in [-0.2, 0) is 0 Å². The van der Waals surface area contributed by atoms with Crippen LogP contribution in [0, 0.1) is 0 Å². The molecule has 0 fully saturated rings. The Bertz CT molecular complexity index is 1180. The fraction of sp³-hybridized carbons (Fsp3) is 0.160. The van der Waals surface area contributed by atoms with Gasteiger partial charge < -0.3 is 10.6 Å². The molecule has 150 valence electrons. The third-order valence-electron chi connectivity index (χ3n) is 4.51. The summed E-state index contributed by atoms with van der Waals surface area (Å²) in [5.74, 6) is 0. The predicted octanol–water partition coefficient (Wildman–Crippen LogP) is 6.05. The topological polar surface area (TPSA) is 49.8 Å². The van der Waals surface area contributed by atoms with Crippen LogP contribution in [0.5, 0.6) is 0 Å². The Morgan fingerprint density at radius 1 is 0.733 bits per heavy atom. The Kier molecular flexibility index (Phi) is 5.46. The number of hydrogen-bond acceptors (Lipinski definition) is 3. The fourth-order valence-electron chi connectivity index (χ4n) is 3.23. The van der Waals surface area contributed by atoms with E-state index in [1.165, 1.54) is 0 Å². The summed E-state index contributed by atoms with van der Waals surface area (Å²) in [6.07, 6.45) is 0. The van der Waals surface area contributed by atoms with Gasteiger partial charge in [-0.05, 0) is 51.2 Å². The molecular formula is C25H24N4S. The van der Waals surface area contributed by atoms with Crippen molar-refractivity contribution in [2.45, 2.75) is 26.3 Å². The second-order valence-corrected chi connectivity index (χ2v) is 8.59. The third kappa shape index (κ3) is 4.63. The van der Waals surface area contributed by atoms with E-state index in [-0.39, 0.29) is 5.54 Å². The van der Waals surface area contributed by atoms with Gasteiger partial charge in [0.05, 0.1) is 22.4 Å². The molecule has 4 rings (SSSR count). The van der Waals surface area contributed by atoms with Crippen LogP contribution in [0.3, 0.4) is 0 Å². The van der Waals surface area contributed by atoms with Crippen LogP contribution >= 0.6 is 12.2 Å². The van der Waals surface area contributed by atoms with Crippen LogP contribution in [-0.4, -0.2) is 20.6 Å². The average molecular weight is 413 g/mol. The van der Waals surface area contributed by atoms with Gasteiger partial charge in [0.1, 0.15) is 0 Å². The highest BCUT2D eigenvalue weighted by atomic mass is 32.1. The summed E-state index contributed by atoms with van der Waals surface area (Å²) < 4.78 is 0. The van der Waals surface area contributed by atoms with E-state index in [1.807, 2.05) is 54.6 Å². The van der Waals surface area contributed by atoms with Crippen LogP contribution < -0.4 is 10.6 Å². The van der Waals surface area contributed by atoms with E-state index >= 15 is 0 Å². The molecule has 0 radical (unpaired) electrons. The van der Waals surface area contributed by atoms with Crippen LogP contribution in [0.1, 0.15) is 20.8 Å². The fourth-order valence-corrected chi connectivity index (χ4v) is 3.65. The van der Waals surface area contributed by atoms with Crippen molar-refractivity contribution in [3.05, 3.63) is 78.9 Å². The van der Waals surface area contributed by atoms with Gasteiger partial charge in [0.2, 0.25) is 0 Å². The first-order valence-corrected chi connectivity index (χ1v) is 10.3. The number of anilines is 1. The summed E-state index contributed by atoms with van der Waals surface area (Å²) in [5, 5.41) is 7.10. The zero-order chi connectivity index (χ0) is 21.1. The van der Waals surface area contributed by atoms with Crippen molar-refractivity contribution in [3.63, 3.8) is 0 Å². The van der Waals surface area contributed by atoms with E-state index in [2.05, 4.69) is 55.7 Å². The normalized spacial score (nSPS) is 11.3. The van der Waals surface area contributed by atoms with E-state index in [0.29, 0.717) is 5.11 Å². The molecule has 0 aliphatic rings. The molecule has 0 amide bonds. The van der Waals surface area contributed by atoms with Gasteiger partial charge in [0.25, 0.3) is 0 Å². The lowest BCUT2D eigenvalue weighted by Crippen LogP contribution is -2.42. The van der Waals surface area contributed by atoms with Gasteiger partial charge in [-0.1, -0.05) is 60.7 Å². The molecule has 0 aliphatic heterocycles. The van der Waals surface area contributed by atoms with Crippen LogP contribution in [0.2, 0.25) is 0 Å². The van der Waals surface area contributed by atoms with E-state index in [4.69, 9.17) is 22.2 Å². The number of nitrogens with one attached hydrogen (secondary N) is 2. The molecule has 0 spiro atoms. The van der Waals surface area contributed by atoms with Crippen molar-refractivity contribution in [2.24, 2.45) is 0 Å². The largest absolute Gasteiger partial charge is 0.358 e. The number of aromatic nitrogens is 2. The van der Waals surface area contributed by atoms with Crippen molar-refractivity contribution < 1.29 is 0 Å². The first kappa shape index (κ1) is 20.0. The molecule has 0 bridgehead atoms. The number of hydrogen-bond donors (Lipinski definition) is 2. The zero-order valence-corrected chi connectivity index (χ0v) is 18.1. The van der Waals surface area contributed by atoms with Gasteiger partial charge in [0, 0.05) is 22.4 Å². The van der Waals surface area contributed by atoms with Crippen molar-refractivity contribution >= 4 is 34.1 Å². The maximum atomic E-state index is 5.44. The summed E-state index contributed by atoms with van der Waals surface area (Å²) in [6.45, 7) is 6.22. The second kappa shape index (κ2) is 8.20. The lowest BCUT2D eigenvalue weighted by Gasteiger charge is -2.23. The molecule has 2 N–H and O–H groups in total. The lowest BCUT2D eigenvalue weighted by atomic mass is 10.0. The molecule has 4 aromatic rings. The van der Waals surface area contributed by atoms with Gasteiger partial charge in [-0.2, -0.15) is 0 Å². The van der Waals surface area contributed by atoms with Crippen LogP contribution in [0.15, 0.2) is 78.9 Å². The summed E-state index contributed by atoms with van der Waals surface area (Å²) >= 11 is 5.44. The SMILES string of the molecule is CC(C)(C)NC(=S)Nc1ccc2nc(-c3ccccc3)c(-c3ccccc3)nc2c1. The van der Waals surface area contributed by atoms with Gasteiger partial charge in [-0.15, -0.1) is 0 Å². The molecule has 0 aliphatic carbocycles. The molecule has 0 saturated heterocycles. The van der Waals surface area contributed by atoms with Crippen molar-refractivity contribution in [3.8, 4) is 22.5 Å². The maximum absolute atomic E-state index is 5.44. The Morgan fingerprint density at radius 2 is 1.27 bits per heavy atom. The van der Waals surface area contributed by atoms with Crippen molar-refractivity contribution in [1.29, 1.82) is 0 Å². The van der Waals surface area contributed by atoms with Gasteiger partial charge in [-0.25, -0.2) is 9.97 Å². The molecular weight excluding hydrogens is 388 g/mol. The lowest BCUT2D eigenvalue weighted by molar-refractivity contribution is 0.515. The molecule has 0 unspecified atom stereocenters. The summed E-state index contributed by atoms with van der Waals surface area (Å²) in [5.41, 5.74) is 6.25. The average Bonchev–Trinajstić information content (AvgIpc) is 2.72. The van der Waals surface area contributed by atoms with E-state index in [9.17, 15) is 0 Å². The number of nitrogens with zero attached hydrogens (tertiary/aromatic N) is 2. The summed E-state index contributed by atoms with van der Waals surface area (Å²) in [4.78, 5) is 9.96. The second-order valence-electron chi connectivity index (χ2n) is 8.19. The molecule has 1 aromatic heterocycles. The Hall–Kier alpha value is -3.31. The number of benzene rings is 3. The molecule has 0 atom stereocenters. The third-order valence-corrected chi connectivity index (χ3v) is 4.71. The first-order chi connectivity index (χ1) is 14.4. The Balaban J connectivity index is 1.79. The minimum atomic E-state index is -0.105. The molecule has 0 saturated carbocycles. The minimum absolute atomic E-state index is 0.105. The molecule has 5 heteroatoms. The van der Waals surface area contributed by atoms with Crippen LogP contribution in [0.25, 0.3) is 33.5 Å². The predicted molar refractivity (Wildman–Crippen MR) is 130 cm³/mol. The van der Waals surface area contributed by atoms with E-state index < -0.39 is 0 Å². The zero-order valence-electron chi connectivity index (χ0n) is 17.3. The smallest absolute Gasteiger partial charge is 0.171 e. The standard InChI is InChI=1S/C25H24N4S/c1-25(2,3)29-24(30)26-19-14-15-20-21(16-19)28-23(18-12-8-5-9-13-18)22(27-20)17-10-6-4-7-11-17/h4-16H,1-3H3,(H2,26,29,30). The Labute approximate surface area is 182 Å². The number of rotatable bonds is 3. The highest BCUT2D eigenvalue weighted by Crippen LogP contribution is 2.31. The maximum Gasteiger partial charge on any atom is 0.171 e. The van der Waals surface area contributed by atoms with Crippen molar-refractivity contribution in [1.82, 2.24) is 15.3 Å². The quantitative estimate of drug-likeness (QED) is 0.401. The monoisotopic (exact) mass is 412 g/mol.